The van der Waals surface area contributed by atoms with Gasteiger partial charge in [0.2, 0.25) is 11.8 Å². The minimum absolute atomic E-state index is 0.0719. The number of hydrogen-bond acceptors (Lipinski definition) is 5. The highest BCUT2D eigenvalue weighted by Crippen LogP contribution is 2.01. The van der Waals surface area contributed by atoms with Crippen LogP contribution in [-0.2, 0) is 25.7 Å². The summed E-state index contributed by atoms with van der Waals surface area (Å²) in [4.78, 5) is 45.8. The molecule has 1 rings (SSSR count). The molecular formula is C17H23N3O6. The van der Waals surface area contributed by atoms with Gasteiger partial charge in [0.25, 0.3) is 0 Å². The highest BCUT2D eigenvalue weighted by Gasteiger charge is 2.23. The molecule has 0 aliphatic carbocycles. The Morgan fingerprint density at radius 1 is 1.00 bits per heavy atom. The van der Waals surface area contributed by atoms with E-state index in [0.29, 0.717) is 0 Å². The third-order valence-corrected chi connectivity index (χ3v) is 3.30. The van der Waals surface area contributed by atoms with Crippen LogP contribution in [0.25, 0.3) is 0 Å². The van der Waals surface area contributed by atoms with E-state index >= 15 is 0 Å². The van der Waals surface area contributed by atoms with Crippen LogP contribution in [0.15, 0.2) is 30.3 Å². The summed E-state index contributed by atoms with van der Waals surface area (Å²) >= 11 is 0. The van der Waals surface area contributed by atoms with Gasteiger partial charge >= 0.3 is 12.1 Å². The Labute approximate surface area is 151 Å². The van der Waals surface area contributed by atoms with E-state index in [2.05, 4.69) is 16.0 Å². The third kappa shape index (κ3) is 8.13. The van der Waals surface area contributed by atoms with E-state index in [0.717, 1.165) is 5.56 Å². The molecule has 0 saturated heterocycles. The number of carboxylic acid groups (broad SMARTS) is 1. The van der Waals surface area contributed by atoms with Crippen LogP contribution < -0.4 is 16.0 Å². The first kappa shape index (κ1) is 20.9. The lowest BCUT2D eigenvalue weighted by molar-refractivity contribution is -0.143. The first-order valence-corrected chi connectivity index (χ1v) is 8.03. The van der Waals surface area contributed by atoms with E-state index in [4.69, 9.17) is 9.84 Å². The molecule has 26 heavy (non-hydrogen) atoms. The SMILES string of the molecule is CC(C)[C@H](NC(=O)CNC(=O)CNC(=O)OCc1ccccc1)C(=O)O. The fraction of sp³-hybridized carbons (Fsp3) is 0.412. The van der Waals surface area contributed by atoms with Gasteiger partial charge in [0, 0.05) is 0 Å². The fourth-order valence-corrected chi connectivity index (χ4v) is 1.91. The van der Waals surface area contributed by atoms with Crippen LogP contribution in [0.4, 0.5) is 4.79 Å². The Kier molecular flexibility index (Phi) is 8.62. The van der Waals surface area contributed by atoms with Crippen molar-refractivity contribution in [2.75, 3.05) is 13.1 Å². The van der Waals surface area contributed by atoms with E-state index in [9.17, 15) is 19.2 Å². The van der Waals surface area contributed by atoms with Crippen molar-refractivity contribution in [1.29, 1.82) is 0 Å². The van der Waals surface area contributed by atoms with Gasteiger partial charge < -0.3 is 25.8 Å². The molecule has 3 amide bonds. The summed E-state index contributed by atoms with van der Waals surface area (Å²) in [5.41, 5.74) is 0.807. The molecule has 1 atom stereocenters. The monoisotopic (exact) mass is 365 g/mol. The predicted octanol–water partition coefficient (Wildman–Crippen LogP) is 0.254. The zero-order valence-electron chi connectivity index (χ0n) is 14.7. The predicted molar refractivity (Wildman–Crippen MR) is 92.0 cm³/mol. The Morgan fingerprint density at radius 3 is 2.19 bits per heavy atom. The number of carbonyl (C=O) groups excluding carboxylic acids is 3. The van der Waals surface area contributed by atoms with Gasteiger partial charge in [-0.25, -0.2) is 9.59 Å². The van der Waals surface area contributed by atoms with E-state index in [1.54, 1.807) is 26.0 Å². The Bertz CT molecular complexity index is 633. The van der Waals surface area contributed by atoms with Crippen molar-refractivity contribution in [3.63, 3.8) is 0 Å². The summed E-state index contributed by atoms with van der Waals surface area (Å²) in [5.74, 6) is -2.69. The van der Waals surface area contributed by atoms with Crippen LogP contribution in [0.3, 0.4) is 0 Å². The maximum atomic E-state index is 11.7. The summed E-state index contributed by atoms with van der Waals surface area (Å²) in [6.07, 6.45) is -0.765. The van der Waals surface area contributed by atoms with Crippen LogP contribution in [0.5, 0.6) is 0 Å². The molecule has 1 aromatic rings. The minimum atomic E-state index is -1.15. The number of benzene rings is 1. The van der Waals surface area contributed by atoms with Crippen molar-refractivity contribution in [3.05, 3.63) is 35.9 Å². The lowest BCUT2D eigenvalue weighted by Gasteiger charge is -2.18. The summed E-state index contributed by atoms with van der Waals surface area (Å²) < 4.78 is 4.93. The lowest BCUT2D eigenvalue weighted by Crippen LogP contribution is -2.49. The second-order valence-electron chi connectivity index (χ2n) is 5.82. The van der Waals surface area contributed by atoms with Crippen molar-refractivity contribution >= 4 is 23.9 Å². The van der Waals surface area contributed by atoms with E-state index in [1.807, 2.05) is 18.2 Å². The molecule has 0 bridgehead atoms. The maximum Gasteiger partial charge on any atom is 0.407 e. The molecule has 0 aliphatic heterocycles. The van der Waals surface area contributed by atoms with Crippen LogP contribution >= 0.6 is 0 Å². The van der Waals surface area contributed by atoms with E-state index in [1.165, 1.54) is 0 Å². The van der Waals surface area contributed by atoms with Gasteiger partial charge in [-0.1, -0.05) is 44.2 Å². The number of aliphatic carboxylic acids is 1. The standard InChI is InChI=1S/C17H23N3O6/c1-11(2)15(16(23)24)20-14(22)9-18-13(21)8-19-17(25)26-10-12-6-4-3-5-7-12/h3-7,11,15H,8-10H2,1-2H3,(H,18,21)(H,19,25)(H,20,22)(H,23,24)/t15-/m0/s1. The Morgan fingerprint density at radius 2 is 1.62 bits per heavy atom. The molecule has 4 N–H and O–H groups in total. The number of carboxylic acids is 1. The van der Waals surface area contributed by atoms with Crippen LogP contribution in [0, 0.1) is 5.92 Å². The zero-order valence-corrected chi connectivity index (χ0v) is 14.7. The Hall–Kier alpha value is -3.10. The zero-order chi connectivity index (χ0) is 19.5. The molecule has 0 aliphatic rings. The number of hydrogen-bond donors (Lipinski definition) is 4. The maximum absolute atomic E-state index is 11.7. The van der Waals surface area contributed by atoms with Gasteiger partial charge in [0.15, 0.2) is 0 Å². The molecule has 0 heterocycles. The summed E-state index contributed by atoms with van der Waals surface area (Å²) in [7, 11) is 0. The molecule has 0 fully saturated rings. The number of carbonyl (C=O) groups is 4. The quantitative estimate of drug-likeness (QED) is 0.496. The molecule has 142 valence electrons. The number of ether oxygens (including phenoxy) is 1. The van der Waals surface area contributed by atoms with Gasteiger partial charge in [-0.2, -0.15) is 0 Å². The van der Waals surface area contributed by atoms with E-state index in [-0.39, 0.29) is 19.1 Å². The van der Waals surface area contributed by atoms with Gasteiger partial charge in [-0.3, -0.25) is 9.59 Å². The molecule has 0 radical (unpaired) electrons. The molecule has 9 nitrogen and oxygen atoms in total. The molecule has 0 saturated carbocycles. The minimum Gasteiger partial charge on any atom is -0.480 e. The summed E-state index contributed by atoms with van der Waals surface area (Å²) in [6, 6.07) is 8.00. The van der Waals surface area contributed by atoms with Gasteiger partial charge in [-0.15, -0.1) is 0 Å². The smallest absolute Gasteiger partial charge is 0.407 e. The second-order valence-corrected chi connectivity index (χ2v) is 5.82. The van der Waals surface area contributed by atoms with Gasteiger partial charge in [-0.05, 0) is 11.5 Å². The first-order chi connectivity index (χ1) is 12.3. The van der Waals surface area contributed by atoms with Crippen LogP contribution in [-0.4, -0.2) is 48.1 Å². The number of amides is 3. The number of alkyl carbamates (subject to hydrolysis) is 1. The first-order valence-electron chi connectivity index (χ1n) is 8.03. The second kappa shape index (κ2) is 10.7. The lowest BCUT2D eigenvalue weighted by atomic mass is 10.1. The van der Waals surface area contributed by atoms with Crippen LogP contribution in [0.1, 0.15) is 19.4 Å². The van der Waals surface area contributed by atoms with Crippen molar-refractivity contribution in [1.82, 2.24) is 16.0 Å². The van der Waals surface area contributed by atoms with Crippen LogP contribution in [0.2, 0.25) is 0 Å². The average Bonchev–Trinajstić information content (AvgIpc) is 2.61. The van der Waals surface area contributed by atoms with Gasteiger partial charge in [0.05, 0.1) is 6.54 Å². The molecular weight excluding hydrogens is 342 g/mol. The van der Waals surface area contributed by atoms with Crippen molar-refractivity contribution < 1.29 is 29.0 Å². The normalized spacial score (nSPS) is 11.3. The van der Waals surface area contributed by atoms with Crippen molar-refractivity contribution in [3.8, 4) is 0 Å². The fourth-order valence-electron chi connectivity index (χ4n) is 1.91. The Balaban J connectivity index is 2.24. The number of nitrogens with one attached hydrogen (secondary N) is 3. The molecule has 0 unspecified atom stereocenters. The number of rotatable bonds is 9. The average molecular weight is 365 g/mol. The highest BCUT2D eigenvalue weighted by atomic mass is 16.5. The topological polar surface area (TPSA) is 134 Å². The van der Waals surface area contributed by atoms with Crippen molar-refractivity contribution in [2.24, 2.45) is 5.92 Å². The molecule has 1 aromatic carbocycles. The largest absolute Gasteiger partial charge is 0.480 e. The third-order valence-electron chi connectivity index (χ3n) is 3.30. The van der Waals surface area contributed by atoms with Crippen molar-refractivity contribution in [2.45, 2.75) is 26.5 Å². The molecule has 0 aromatic heterocycles. The highest BCUT2D eigenvalue weighted by molar-refractivity contribution is 5.89. The summed E-state index contributed by atoms with van der Waals surface area (Å²) in [6.45, 7) is 2.62. The molecule has 0 spiro atoms. The van der Waals surface area contributed by atoms with Gasteiger partial charge in [0.1, 0.15) is 19.2 Å². The molecule has 9 heteroatoms. The van der Waals surface area contributed by atoms with E-state index < -0.39 is 36.5 Å². The summed E-state index contributed by atoms with van der Waals surface area (Å²) in [5, 5.41) is 15.8.